The molecule has 6 nitrogen and oxygen atoms in total. The first-order chi connectivity index (χ1) is 15.1. The molecule has 0 unspecified atom stereocenters. The number of piperazine rings is 1. The molecule has 0 amide bonds. The third kappa shape index (κ3) is 3.69. The van der Waals surface area contributed by atoms with Crippen LogP contribution in [0.15, 0.2) is 60.9 Å². The summed E-state index contributed by atoms with van der Waals surface area (Å²) < 4.78 is 7.33. The second-order valence-corrected chi connectivity index (χ2v) is 8.10. The van der Waals surface area contributed by atoms with Crippen LogP contribution in [-0.2, 0) is 0 Å². The summed E-state index contributed by atoms with van der Waals surface area (Å²) in [7, 11) is 1.71. The Bertz CT molecular complexity index is 1220. The highest BCUT2D eigenvalue weighted by molar-refractivity contribution is 5.76. The molecule has 2 aromatic heterocycles. The van der Waals surface area contributed by atoms with Crippen molar-refractivity contribution in [3.05, 3.63) is 72.1 Å². The number of rotatable bonds is 4. The van der Waals surface area contributed by atoms with E-state index in [2.05, 4.69) is 60.0 Å². The van der Waals surface area contributed by atoms with Crippen LogP contribution in [0, 0.1) is 13.8 Å². The summed E-state index contributed by atoms with van der Waals surface area (Å²) in [5.74, 6) is 1.89. The van der Waals surface area contributed by atoms with Crippen molar-refractivity contribution in [3.63, 3.8) is 0 Å². The van der Waals surface area contributed by atoms with Gasteiger partial charge in [-0.15, -0.1) is 0 Å². The molecule has 5 rings (SSSR count). The molecule has 1 aliphatic rings. The molecule has 1 aliphatic heterocycles. The van der Waals surface area contributed by atoms with E-state index in [-0.39, 0.29) is 0 Å². The van der Waals surface area contributed by atoms with Crippen molar-refractivity contribution in [1.82, 2.24) is 14.6 Å². The minimum atomic E-state index is 0.893. The van der Waals surface area contributed by atoms with Gasteiger partial charge in [0.05, 0.1) is 12.8 Å². The fourth-order valence-corrected chi connectivity index (χ4v) is 4.37. The van der Waals surface area contributed by atoms with E-state index in [9.17, 15) is 0 Å². The van der Waals surface area contributed by atoms with Crippen LogP contribution in [0.4, 0.5) is 11.5 Å². The van der Waals surface area contributed by atoms with Gasteiger partial charge < -0.3 is 14.5 Å². The number of aryl methyl sites for hydroxylation is 2. The predicted octanol–water partition coefficient (Wildman–Crippen LogP) is 4.35. The van der Waals surface area contributed by atoms with Crippen LogP contribution in [0.5, 0.6) is 5.75 Å². The average Bonchev–Trinajstić information content (AvgIpc) is 3.23. The molecule has 6 heteroatoms. The molecule has 0 aliphatic carbocycles. The smallest absolute Gasteiger partial charge is 0.154 e. The van der Waals surface area contributed by atoms with Crippen molar-refractivity contribution in [1.29, 1.82) is 0 Å². The lowest BCUT2D eigenvalue weighted by atomic mass is 10.0. The summed E-state index contributed by atoms with van der Waals surface area (Å²) in [4.78, 5) is 9.49. The summed E-state index contributed by atoms with van der Waals surface area (Å²) in [6.45, 7) is 7.96. The molecule has 0 saturated carbocycles. The number of nitrogens with zero attached hydrogens (tertiary/aromatic N) is 5. The minimum absolute atomic E-state index is 0.893. The van der Waals surface area contributed by atoms with Gasteiger partial charge in [-0.2, -0.15) is 5.10 Å². The summed E-state index contributed by atoms with van der Waals surface area (Å²) in [6.07, 6.45) is 3.77. The Morgan fingerprint density at radius 3 is 2.48 bits per heavy atom. The maximum Gasteiger partial charge on any atom is 0.154 e. The Balaban J connectivity index is 1.40. The molecule has 0 bridgehead atoms. The van der Waals surface area contributed by atoms with Gasteiger partial charge in [0, 0.05) is 55.9 Å². The van der Waals surface area contributed by atoms with E-state index in [4.69, 9.17) is 14.8 Å². The van der Waals surface area contributed by atoms with E-state index < -0.39 is 0 Å². The molecule has 0 spiro atoms. The quantitative estimate of drug-likeness (QED) is 0.498. The third-order valence-electron chi connectivity index (χ3n) is 6.03. The predicted molar refractivity (Wildman–Crippen MR) is 125 cm³/mol. The Labute approximate surface area is 182 Å². The molecule has 2 aromatic carbocycles. The topological polar surface area (TPSA) is 45.9 Å². The number of anilines is 2. The van der Waals surface area contributed by atoms with E-state index in [1.54, 1.807) is 7.11 Å². The van der Waals surface area contributed by atoms with Crippen LogP contribution < -0.4 is 14.5 Å². The van der Waals surface area contributed by atoms with E-state index in [1.807, 2.05) is 29.0 Å². The second kappa shape index (κ2) is 7.95. The molecule has 0 N–H and O–H groups in total. The number of aromatic nitrogens is 3. The number of hydrogen-bond donors (Lipinski definition) is 0. The molecule has 31 heavy (non-hydrogen) atoms. The highest BCUT2D eigenvalue weighted by atomic mass is 16.5. The molecular formula is C25H27N5O. The molecule has 1 fully saturated rings. The average molecular weight is 414 g/mol. The SMILES string of the molecule is COc1cccc(N2CCN(c3nccn4nc(-c5ccc(C)cc5C)cc34)CC2)c1. The molecule has 3 heterocycles. The molecule has 0 atom stereocenters. The maximum atomic E-state index is 5.38. The number of benzene rings is 2. The van der Waals surface area contributed by atoms with Gasteiger partial charge in [-0.05, 0) is 37.6 Å². The second-order valence-electron chi connectivity index (χ2n) is 8.10. The standard InChI is InChI=1S/C25H27N5O/c1-18-7-8-22(19(2)15-18)23-17-24-25(26-9-10-30(24)27-23)29-13-11-28(12-14-29)20-5-4-6-21(16-20)31-3/h4-10,15-17H,11-14H2,1-3H3. The zero-order valence-corrected chi connectivity index (χ0v) is 18.2. The molecule has 1 saturated heterocycles. The van der Waals surface area contributed by atoms with Crippen molar-refractivity contribution >= 4 is 17.0 Å². The zero-order valence-electron chi connectivity index (χ0n) is 18.2. The number of methoxy groups -OCH3 is 1. The largest absolute Gasteiger partial charge is 0.497 e. The Hall–Kier alpha value is -3.54. The van der Waals surface area contributed by atoms with Gasteiger partial charge in [0.15, 0.2) is 5.82 Å². The Morgan fingerprint density at radius 2 is 1.71 bits per heavy atom. The molecule has 0 radical (unpaired) electrons. The van der Waals surface area contributed by atoms with E-state index >= 15 is 0 Å². The molecular weight excluding hydrogens is 386 g/mol. The lowest BCUT2D eigenvalue weighted by molar-refractivity contribution is 0.414. The number of hydrogen-bond acceptors (Lipinski definition) is 5. The van der Waals surface area contributed by atoms with Crippen LogP contribution in [-0.4, -0.2) is 47.9 Å². The van der Waals surface area contributed by atoms with Gasteiger partial charge in [-0.3, -0.25) is 0 Å². The fourth-order valence-electron chi connectivity index (χ4n) is 4.37. The van der Waals surface area contributed by atoms with Crippen molar-refractivity contribution in [2.24, 2.45) is 0 Å². The summed E-state index contributed by atoms with van der Waals surface area (Å²) in [6, 6.07) is 16.9. The maximum absolute atomic E-state index is 5.38. The van der Waals surface area contributed by atoms with Gasteiger partial charge in [-0.1, -0.05) is 29.8 Å². The van der Waals surface area contributed by atoms with Crippen molar-refractivity contribution < 1.29 is 4.74 Å². The Kier molecular flexibility index (Phi) is 4.98. The highest BCUT2D eigenvalue weighted by Crippen LogP contribution is 2.29. The van der Waals surface area contributed by atoms with Crippen LogP contribution >= 0.6 is 0 Å². The zero-order chi connectivity index (χ0) is 21.4. The first-order valence-corrected chi connectivity index (χ1v) is 10.7. The monoisotopic (exact) mass is 413 g/mol. The number of fused-ring (bicyclic) bond motifs is 1. The summed E-state index contributed by atoms with van der Waals surface area (Å²) in [5, 5.41) is 4.84. The first-order valence-electron chi connectivity index (χ1n) is 10.7. The van der Waals surface area contributed by atoms with Crippen LogP contribution in [0.3, 0.4) is 0 Å². The van der Waals surface area contributed by atoms with Gasteiger partial charge >= 0.3 is 0 Å². The van der Waals surface area contributed by atoms with Gasteiger partial charge in [0.25, 0.3) is 0 Å². The van der Waals surface area contributed by atoms with Gasteiger partial charge in [-0.25, -0.2) is 9.50 Å². The molecule has 158 valence electrons. The van der Waals surface area contributed by atoms with Crippen molar-refractivity contribution in [3.8, 4) is 17.0 Å². The van der Waals surface area contributed by atoms with E-state index in [0.717, 1.165) is 49.0 Å². The lowest BCUT2D eigenvalue weighted by Crippen LogP contribution is -2.47. The minimum Gasteiger partial charge on any atom is -0.497 e. The van der Waals surface area contributed by atoms with Crippen LogP contribution in [0.25, 0.3) is 16.8 Å². The van der Waals surface area contributed by atoms with Gasteiger partial charge in [0.2, 0.25) is 0 Å². The lowest BCUT2D eigenvalue weighted by Gasteiger charge is -2.36. The summed E-state index contributed by atoms with van der Waals surface area (Å²) in [5.41, 5.74) is 6.91. The summed E-state index contributed by atoms with van der Waals surface area (Å²) >= 11 is 0. The normalized spacial score (nSPS) is 14.3. The Morgan fingerprint density at radius 1 is 0.903 bits per heavy atom. The van der Waals surface area contributed by atoms with Crippen molar-refractivity contribution in [2.45, 2.75) is 13.8 Å². The van der Waals surface area contributed by atoms with Crippen molar-refractivity contribution in [2.75, 3.05) is 43.1 Å². The molecule has 4 aromatic rings. The van der Waals surface area contributed by atoms with Crippen LogP contribution in [0.1, 0.15) is 11.1 Å². The van der Waals surface area contributed by atoms with E-state index in [0.29, 0.717) is 0 Å². The van der Waals surface area contributed by atoms with Gasteiger partial charge in [0.1, 0.15) is 11.3 Å². The first kappa shape index (κ1) is 19.4. The van der Waals surface area contributed by atoms with Crippen LogP contribution in [0.2, 0.25) is 0 Å². The number of ether oxygens (including phenoxy) is 1. The third-order valence-corrected chi connectivity index (χ3v) is 6.03. The fraction of sp³-hybridized carbons (Fsp3) is 0.280. The van der Waals surface area contributed by atoms with E-state index in [1.165, 1.54) is 22.4 Å². The highest BCUT2D eigenvalue weighted by Gasteiger charge is 2.21.